The van der Waals surface area contributed by atoms with E-state index < -0.39 is 0 Å². The summed E-state index contributed by atoms with van der Waals surface area (Å²) in [5.74, 6) is 0. The molecule has 4 nitrogen and oxygen atoms in total. The number of hydrogen-bond donors (Lipinski definition) is 0. The molecule has 1 aromatic carbocycles. The van der Waals surface area contributed by atoms with E-state index in [1.165, 1.54) is 11.3 Å². The smallest absolute Gasteiger partial charge is 0.218 e. The van der Waals surface area contributed by atoms with Gasteiger partial charge in [-0.2, -0.15) is 10.5 Å². The molecule has 0 aliphatic carbocycles. The number of likely N-dealkylation sites (N-methyl/N-ethyl adjacent to an activating group) is 1. The summed E-state index contributed by atoms with van der Waals surface area (Å²) in [4.78, 5) is 6.29. The highest BCUT2D eigenvalue weighted by atomic mass is 15.2. The summed E-state index contributed by atoms with van der Waals surface area (Å²) in [6, 6.07) is 12.0. The molecule has 0 radical (unpaired) electrons. The standard InChI is InChI=1S/C19H20N4/c1-5-14(22-15(12-20)13-21)10-11-18-19(2,3)16-8-6-7-9-17(16)23(18)4/h6-11H,5H2,1-4H3. The van der Waals surface area contributed by atoms with Crippen LogP contribution in [0, 0.1) is 22.7 Å². The topological polar surface area (TPSA) is 63.2 Å². The summed E-state index contributed by atoms with van der Waals surface area (Å²) >= 11 is 0. The monoisotopic (exact) mass is 304 g/mol. The van der Waals surface area contributed by atoms with Crippen molar-refractivity contribution in [2.75, 3.05) is 11.9 Å². The molecule has 0 saturated carbocycles. The first-order chi connectivity index (χ1) is 11.0. The molecule has 0 bridgehead atoms. The number of nitrogens with zero attached hydrogens (tertiary/aromatic N) is 4. The van der Waals surface area contributed by atoms with Crippen LogP contribution >= 0.6 is 0 Å². The van der Waals surface area contributed by atoms with E-state index >= 15 is 0 Å². The van der Waals surface area contributed by atoms with Crippen molar-refractivity contribution in [3.05, 3.63) is 53.4 Å². The van der Waals surface area contributed by atoms with Gasteiger partial charge in [0.05, 0.1) is 0 Å². The summed E-state index contributed by atoms with van der Waals surface area (Å²) in [7, 11) is 2.05. The third-order valence-electron chi connectivity index (χ3n) is 4.20. The summed E-state index contributed by atoms with van der Waals surface area (Å²) in [5, 5.41) is 17.7. The lowest BCUT2D eigenvalue weighted by Gasteiger charge is -2.23. The largest absolute Gasteiger partial charge is 0.347 e. The van der Waals surface area contributed by atoms with Crippen molar-refractivity contribution in [1.82, 2.24) is 0 Å². The quantitative estimate of drug-likeness (QED) is 0.790. The maximum absolute atomic E-state index is 8.84. The fourth-order valence-corrected chi connectivity index (χ4v) is 2.93. The van der Waals surface area contributed by atoms with Crippen LogP contribution in [0.4, 0.5) is 5.69 Å². The van der Waals surface area contributed by atoms with Crippen LogP contribution in [0.25, 0.3) is 0 Å². The molecular formula is C19H20N4. The molecule has 23 heavy (non-hydrogen) atoms. The Kier molecular flexibility index (Phi) is 4.67. The lowest BCUT2D eigenvalue weighted by molar-refractivity contribution is 0.640. The van der Waals surface area contributed by atoms with Gasteiger partial charge in [0.2, 0.25) is 5.71 Å². The molecule has 0 amide bonds. The molecule has 1 heterocycles. The Morgan fingerprint density at radius 2 is 1.91 bits per heavy atom. The van der Waals surface area contributed by atoms with E-state index in [4.69, 9.17) is 10.5 Å². The summed E-state index contributed by atoms with van der Waals surface area (Å²) in [6.07, 6.45) is 4.59. The number of rotatable bonds is 3. The lowest BCUT2D eigenvalue weighted by Crippen LogP contribution is -2.22. The average Bonchev–Trinajstić information content (AvgIpc) is 2.75. The molecular weight excluding hydrogens is 284 g/mol. The summed E-state index contributed by atoms with van der Waals surface area (Å²) < 4.78 is 0. The first kappa shape index (κ1) is 16.5. The Balaban J connectivity index is 2.45. The van der Waals surface area contributed by atoms with Gasteiger partial charge in [-0.05, 0) is 30.2 Å². The van der Waals surface area contributed by atoms with Gasteiger partial charge in [-0.1, -0.05) is 39.0 Å². The van der Waals surface area contributed by atoms with Crippen molar-refractivity contribution in [1.29, 1.82) is 10.5 Å². The fourth-order valence-electron chi connectivity index (χ4n) is 2.93. The van der Waals surface area contributed by atoms with Gasteiger partial charge in [0.1, 0.15) is 12.1 Å². The number of hydrogen-bond acceptors (Lipinski definition) is 4. The predicted octanol–water partition coefficient (Wildman–Crippen LogP) is 4.08. The van der Waals surface area contributed by atoms with Gasteiger partial charge in [0.15, 0.2) is 0 Å². The molecule has 0 saturated heterocycles. The van der Waals surface area contributed by atoms with Gasteiger partial charge in [0.25, 0.3) is 0 Å². The number of aliphatic imine (C=N–C) groups is 1. The first-order valence-corrected chi connectivity index (χ1v) is 7.59. The molecule has 1 aliphatic heterocycles. The average molecular weight is 304 g/mol. The second-order valence-corrected chi connectivity index (χ2v) is 5.95. The molecule has 1 aromatic rings. The van der Waals surface area contributed by atoms with Crippen LogP contribution in [0.15, 0.2) is 52.8 Å². The maximum atomic E-state index is 8.84. The van der Waals surface area contributed by atoms with E-state index in [1.807, 2.05) is 25.1 Å². The molecule has 2 rings (SSSR count). The van der Waals surface area contributed by atoms with Gasteiger partial charge in [0, 0.05) is 29.5 Å². The Morgan fingerprint density at radius 1 is 1.26 bits per heavy atom. The van der Waals surface area contributed by atoms with E-state index in [2.05, 4.69) is 49.0 Å². The SMILES string of the molecule is CCC(=CC=C1N(C)c2ccccc2C1(C)C)N=C(C#N)C#N. The van der Waals surface area contributed by atoms with Crippen molar-refractivity contribution >= 4 is 11.4 Å². The van der Waals surface area contributed by atoms with Crippen LogP contribution in [-0.2, 0) is 5.41 Å². The third-order valence-corrected chi connectivity index (χ3v) is 4.20. The maximum Gasteiger partial charge on any atom is 0.218 e. The molecule has 0 aromatic heterocycles. The molecule has 116 valence electrons. The highest BCUT2D eigenvalue weighted by Crippen LogP contribution is 2.46. The number of nitriles is 2. The normalized spacial score (nSPS) is 17.4. The van der Waals surface area contributed by atoms with Crippen molar-refractivity contribution in [2.24, 2.45) is 4.99 Å². The van der Waals surface area contributed by atoms with Gasteiger partial charge < -0.3 is 4.90 Å². The molecule has 0 N–H and O–H groups in total. The second-order valence-electron chi connectivity index (χ2n) is 5.95. The number of allylic oxidation sites excluding steroid dienone is 4. The molecule has 0 atom stereocenters. The van der Waals surface area contributed by atoms with Gasteiger partial charge in [-0.25, -0.2) is 4.99 Å². The predicted molar refractivity (Wildman–Crippen MR) is 93.0 cm³/mol. The van der Waals surface area contributed by atoms with Gasteiger partial charge in [-0.15, -0.1) is 0 Å². The highest BCUT2D eigenvalue weighted by Gasteiger charge is 2.37. The Hall–Kier alpha value is -2.85. The number of benzene rings is 1. The van der Waals surface area contributed by atoms with Crippen LogP contribution in [0.5, 0.6) is 0 Å². The van der Waals surface area contributed by atoms with Crippen LogP contribution < -0.4 is 4.90 Å². The van der Waals surface area contributed by atoms with E-state index in [-0.39, 0.29) is 11.1 Å². The van der Waals surface area contributed by atoms with Crippen molar-refractivity contribution in [3.63, 3.8) is 0 Å². The van der Waals surface area contributed by atoms with Crippen LogP contribution in [0.1, 0.15) is 32.8 Å². The van der Waals surface area contributed by atoms with E-state index in [9.17, 15) is 0 Å². The third kappa shape index (κ3) is 3.03. The Labute approximate surface area is 137 Å². The van der Waals surface area contributed by atoms with Crippen LogP contribution in [0.2, 0.25) is 0 Å². The molecule has 0 unspecified atom stereocenters. The minimum Gasteiger partial charge on any atom is -0.347 e. The Bertz CT molecular complexity index is 766. The zero-order chi connectivity index (χ0) is 17.0. The minimum absolute atomic E-state index is 0.0995. The Morgan fingerprint density at radius 3 is 2.48 bits per heavy atom. The highest BCUT2D eigenvalue weighted by molar-refractivity contribution is 6.10. The number of para-hydroxylation sites is 1. The molecule has 1 aliphatic rings. The zero-order valence-corrected chi connectivity index (χ0v) is 14.0. The lowest BCUT2D eigenvalue weighted by atomic mass is 9.84. The van der Waals surface area contributed by atoms with Gasteiger partial charge >= 0.3 is 0 Å². The van der Waals surface area contributed by atoms with E-state index in [0.717, 1.165) is 11.4 Å². The number of fused-ring (bicyclic) bond motifs is 1. The summed E-state index contributed by atoms with van der Waals surface area (Å²) in [6.45, 7) is 6.35. The van der Waals surface area contributed by atoms with Crippen molar-refractivity contribution < 1.29 is 0 Å². The van der Waals surface area contributed by atoms with Crippen LogP contribution in [0.3, 0.4) is 0 Å². The minimum atomic E-state index is -0.112. The number of anilines is 1. The summed E-state index contributed by atoms with van der Waals surface area (Å²) in [5.41, 5.74) is 4.16. The first-order valence-electron chi connectivity index (χ1n) is 7.59. The van der Waals surface area contributed by atoms with Crippen molar-refractivity contribution in [2.45, 2.75) is 32.6 Å². The van der Waals surface area contributed by atoms with Crippen molar-refractivity contribution in [3.8, 4) is 12.1 Å². The van der Waals surface area contributed by atoms with E-state index in [0.29, 0.717) is 6.42 Å². The van der Waals surface area contributed by atoms with Crippen LogP contribution in [-0.4, -0.2) is 12.8 Å². The molecule has 4 heteroatoms. The zero-order valence-electron chi connectivity index (χ0n) is 14.0. The second kappa shape index (κ2) is 6.50. The van der Waals surface area contributed by atoms with Gasteiger partial charge in [-0.3, -0.25) is 0 Å². The molecule has 0 fully saturated rings. The van der Waals surface area contributed by atoms with E-state index in [1.54, 1.807) is 12.1 Å². The molecule has 0 spiro atoms. The fraction of sp³-hybridized carbons (Fsp3) is 0.316.